The smallest absolute Gasteiger partial charge is 0.336 e. The van der Waals surface area contributed by atoms with Crippen LogP contribution in [0, 0.1) is 0 Å². The van der Waals surface area contributed by atoms with Crippen molar-refractivity contribution in [1.82, 2.24) is 4.98 Å². The summed E-state index contributed by atoms with van der Waals surface area (Å²) in [6.45, 7) is 6.28. The van der Waals surface area contributed by atoms with Gasteiger partial charge in [-0.25, -0.2) is 9.78 Å². The summed E-state index contributed by atoms with van der Waals surface area (Å²) < 4.78 is 5.17. The van der Waals surface area contributed by atoms with Gasteiger partial charge in [0.1, 0.15) is 5.75 Å². The number of benzene rings is 2. The molecule has 1 aromatic heterocycles. The largest absolute Gasteiger partial charge is 0.495 e. The predicted octanol–water partition coefficient (Wildman–Crippen LogP) is 5.56. The predicted molar refractivity (Wildman–Crippen MR) is 104 cm³/mol. The molecule has 0 aliphatic heterocycles. The van der Waals surface area contributed by atoms with Gasteiger partial charge in [0.25, 0.3) is 0 Å². The van der Waals surface area contributed by atoms with E-state index in [0.717, 1.165) is 11.1 Å². The molecule has 2 aromatic carbocycles. The van der Waals surface area contributed by atoms with Crippen LogP contribution in [0.1, 0.15) is 36.7 Å². The Morgan fingerprint density at radius 3 is 2.42 bits per heavy atom. The van der Waals surface area contributed by atoms with E-state index in [4.69, 9.17) is 16.3 Å². The van der Waals surface area contributed by atoms with E-state index in [2.05, 4.69) is 25.8 Å². The SMILES string of the molecule is COc1ccc(-c2cc(C(=O)O)c3cc(C(C)(C)C)ccc3n2)cc1Cl. The first-order valence-corrected chi connectivity index (χ1v) is 8.61. The van der Waals surface area contributed by atoms with Crippen molar-refractivity contribution in [3.63, 3.8) is 0 Å². The summed E-state index contributed by atoms with van der Waals surface area (Å²) in [6.07, 6.45) is 0. The van der Waals surface area contributed by atoms with Crippen LogP contribution in [0.2, 0.25) is 5.02 Å². The number of methoxy groups -OCH3 is 1. The number of aromatic nitrogens is 1. The van der Waals surface area contributed by atoms with Crippen molar-refractivity contribution in [2.75, 3.05) is 7.11 Å². The number of ether oxygens (including phenoxy) is 1. The highest BCUT2D eigenvalue weighted by Crippen LogP contribution is 2.33. The molecule has 0 bridgehead atoms. The molecule has 26 heavy (non-hydrogen) atoms. The molecule has 0 unspecified atom stereocenters. The Hall–Kier alpha value is -2.59. The summed E-state index contributed by atoms with van der Waals surface area (Å²) in [7, 11) is 1.55. The van der Waals surface area contributed by atoms with Gasteiger partial charge in [0, 0.05) is 10.9 Å². The van der Waals surface area contributed by atoms with Crippen LogP contribution in [-0.2, 0) is 5.41 Å². The number of rotatable bonds is 3. The number of halogens is 1. The van der Waals surface area contributed by atoms with Gasteiger partial charge < -0.3 is 9.84 Å². The zero-order chi connectivity index (χ0) is 19.1. The average molecular weight is 370 g/mol. The van der Waals surface area contributed by atoms with Crippen LogP contribution in [0.15, 0.2) is 42.5 Å². The van der Waals surface area contributed by atoms with Crippen molar-refractivity contribution < 1.29 is 14.6 Å². The molecule has 3 aromatic rings. The quantitative estimate of drug-likeness (QED) is 0.656. The van der Waals surface area contributed by atoms with E-state index in [1.807, 2.05) is 24.3 Å². The van der Waals surface area contributed by atoms with Gasteiger partial charge in [0.2, 0.25) is 0 Å². The van der Waals surface area contributed by atoms with E-state index in [9.17, 15) is 9.90 Å². The van der Waals surface area contributed by atoms with Crippen LogP contribution < -0.4 is 4.74 Å². The maximum atomic E-state index is 11.9. The molecule has 0 saturated carbocycles. The molecule has 1 heterocycles. The molecule has 0 fully saturated rings. The summed E-state index contributed by atoms with van der Waals surface area (Å²) in [6, 6.07) is 12.7. The second-order valence-corrected chi connectivity index (χ2v) is 7.60. The second-order valence-electron chi connectivity index (χ2n) is 7.19. The Morgan fingerprint density at radius 2 is 1.85 bits per heavy atom. The molecule has 4 nitrogen and oxygen atoms in total. The minimum absolute atomic E-state index is 0.0772. The van der Waals surface area contributed by atoms with Crippen molar-refractivity contribution in [1.29, 1.82) is 0 Å². The highest BCUT2D eigenvalue weighted by molar-refractivity contribution is 6.32. The van der Waals surface area contributed by atoms with Gasteiger partial charge >= 0.3 is 5.97 Å². The number of carboxylic acids is 1. The molecule has 0 saturated heterocycles. The minimum atomic E-state index is -0.982. The molecular weight excluding hydrogens is 350 g/mol. The lowest BCUT2D eigenvalue weighted by atomic mass is 9.86. The van der Waals surface area contributed by atoms with Crippen molar-refractivity contribution in [3.05, 3.63) is 58.6 Å². The Morgan fingerprint density at radius 1 is 1.12 bits per heavy atom. The lowest BCUT2D eigenvalue weighted by Crippen LogP contribution is -2.11. The van der Waals surface area contributed by atoms with Crippen molar-refractivity contribution in [3.8, 4) is 17.0 Å². The summed E-state index contributed by atoms with van der Waals surface area (Å²) in [5.74, 6) is -0.422. The first kappa shape index (κ1) is 18.2. The zero-order valence-corrected chi connectivity index (χ0v) is 15.9. The maximum Gasteiger partial charge on any atom is 0.336 e. The van der Waals surface area contributed by atoms with E-state index >= 15 is 0 Å². The Bertz CT molecular complexity index is 1010. The number of carbonyl (C=O) groups is 1. The third-order valence-electron chi connectivity index (χ3n) is 4.35. The molecule has 0 amide bonds. The molecule has 5 heteroatoms. The molecule has 134 valence electrons. The van der Waals surface area contributed by atoms with Crippen LogP contribution in [0.4, 0.5) is 0 Å². The molecule has 0 spiro atoms. The average Bonchev–Trinajstić information content (AvgIpc) is 2.59. The van der Waals surface area contributed by atoms with Crippen molar-refractivity contribution >= 4 is 28.5 Å². The molecule has 0 radical (unpaired) electrons. The van der Waals surface area contributed by atoms with Gasteiger partial charge in [-0.3, -0.25) is 0 Å². The van der Waals surface area contributed by atoms with E-state index in [-0.39, 0.29) is 11.0 Å². The Balaban J connectivity index is 2.23. The molecule has 0 aliphatic carbocycles. The van der Waals surface area contributed by atoms with E-state index in [1.165, 1.54) is 0 Å². The highest BCUT2D eigenvalue weighted by atomic mass is 35.5. The number of fused-ring (bicyclic) bond motifs is 1. The maximum absolute atomic E-state index is 11.9. The monoisotopic (exact) mass is 369 g/mol. The summed E-state index contributed by atoms with van der Waals surface area (Å²) in [5, 5.41) is 10.8. The van der Waals surface area contributed by atoms with Gasteiger partial charge in [-0.05, 0) is 47.4 Å². The van der Waals surface area contributed by atoms with Crippen molar-refractivity contribution in [2.24, 2.45) is 0 Å². The fourth-order valence-corrected chi connectivity index (χ4v) is 3.10. The number of hydrogen-bond donors (Lipinski definition) is 1. The summed E-state index contributed by atoms with van der Waals surface area (Å²) in [4.78, 5) is 16.5. The lowest BCUT2D eigenvalue weighted by Gasteiger charge is -2.20. The van der Waals surface area contributed by atoms with Gasteiger partial charge in [0.05, 0.1) is 28.9 Å². The van der Waals surface area contributed by atoms with Crippen LogP contribution in [0.25, 0.3) is 22.2 Å². The first-order valence-electron chi connectivity index (χ1n) is 8.23. The number of nitrogens with zero attached hydrogens (tertiary/aromatic N) is 1. The van der Waals surface area contributed by atoms with Gasteiger partial charge in [-0.1, -0.05) is 38.4 Å². The van der Waals surface area contributed by atoms with Crippen LogP contribution in [0.3, 0.4) is 0 Å². The normalized spacial score (nSPS) is 11.6. The van der Waals surface area contributed by atoms with Crippen LogP contribution >= 0.6 is 11.6 Å². The number of pyridine rings is 1. The minimum Gasteiger partial charge on any atom is -0.495 e. The molecule has 0 aliphatic rings. The van der Waals surface area contributed by atoms with Crippen LogP contribution in [-0.4, -0.2) is 23.2 Å². The Kier molecular flexibility index (Phi) is 4.63. The molecule has 3 rings (SSSR count). The Labute approximate surface area is 157 Å². The van der Waals surface area contributed by atoms with E-state index in [1.54, 1.807) is 25.3 Å². The topological polar surface area (TPSA) is 59.4 Å². The molecule has 0 atom stereocenters. The first-order chi connectivity index (χ1) is 12.2. The number of carboxylic acid groups (broad SMARTS) is 1. The van der Waals surface area contributed by atoms with Gasteiger partial charge in [0.15, 0.2) is 0 Å². The lowest BCUT2D eigenvalue weighted by molar-refractivity contribution is 0.0699. The third kappa shape index (κ3) is 3.37. The number of aromatic carboxylic acids is 1. The fourth-order valence-electron chi connectivity index (χ4n) is 2.84. The highest BCUT2D eigenvalue weighted by Gasteiger charge is 2.18. The summed E-state index contributed by atoms with van der Waals surface area (Å²) >= 11 is 6.20. The molecular formula is C21H20ClNO3. The number of hydrogen-bond acceptors (Lipinski definition) is 3. The van der Waals surface area contributed by atoms with Crippen LogP contribution in [0.5, 0.6) is 5.75 Å². The zero-order valence-electron chi connectivity index (χ0n) is 15.1. The molecule has 1 N–H and O–H groups in total. The standard InChI is InChI=1S/C21H20ClNO3/c1-21(2,3)13-6-7-17-14(10-13)15(20(24)25)11-18(23-17)12-5-8-19(26-4)16(22)9-12/h5-11H,1-4H3,(H,24,25). The van der Waals surface area contributed by atoms with E-state index < -0.39 is 5.97 Å². The summed E-state index contributed by atoms with van der Waals surface area (Å²) in [5.41, 5.74) is 3.15. The van der Waals surface area contributed by atoms with Gasteiger partial charge in [-0.15, -0.1) is 0 Å². The van der Waals surface area contributed by atoms with Crippen molar-refractivity contribution in [2.45, 2.75) is 26.2 Å². The third-order valence-corrected chi connectivity index (χ3v) is 4.65. The fraction of sp³-hybridized carbons (Fsp3) is 0.238. The second kappa shape index (κ2) is 6.61. The van der Waals surface area contributed by atoms with E-state index in [0.29, 0.717) is 27.4 Å². The van der Waals surface area contributed by atoms with Gasteiger partial charge in [-0.2, -0.15) is 0 Å².